The van der Waals surface area contributed by atoms with E-state index in [9.17, 15) is 0 Å². The molecular weight excluding hydrogens is 212 g/mol. The summed E-state index contributed by atoms with van der Waals surface area (Å²) >= 11 is 0. The van der Waals surface area contributed by atoms with Crippen LogP contribution in [0.2, 0.25) is 0 Å². The molecule has 0 amide bonds. The molecule has 0 spiro atoms. The molecule has 0 radical (unpaired) electrons. The number of nitrogens with two attached hydrogens (primary N) is 1. The fourth-order valence-corrected chi connectivity index (χ4v) is 2.10. The van der Waals surface area contributed by atoms with Gasteiger partial charge in [-0.25, -0.2) is 0 Å². The molecule has 0 saturated heterocycles. The topological polar surface area (TPSA) is 47.3 Å². The highest BCUT2D eigenvalue weighted by molar-refractivity contribution is 5.60. The van der Waals surface area contributed by atoms with E-state index < -0.39 is 0 Å². The molecule has 2 rings (SSSR count). The monoisotopic (exact) mass is 234 g/mol. The number of nitrogens with one attached hydrogen (secondary N) is 1. The van der Waals surface area contributed by atoms with Gasteiger partial charge < -0.3 is 15.8 Å². The zero-order valence-corrected chi connectivity index (χ0v) is 10.7. The molecule has 0 aromatic heterocycles. The van der Waals surface area contributed by atoms with Gasteiger partial charge in [-0.2, -0.15) is 0 Å². The van der Waals surface area contributed by atoms with Gasteiger partial charge in [0.05, 0.1) is 6.61 Å². The van der Waals surface area contributed by atoms with Crippen LogP contribution in [-0.2, 0) is 0 Å². The fourth-order valence-electron chi connectivity index (χ4n) is 2.10. The third kappa shape index (κ3) is 3.29. The van der Waals surface area contributed by atoms with Crippen molar-refractivity contribution in [3.8, 4) is 5.75 Å². The van der Waals surface area contributed by atoms with Crippen molar-refractivity contribution in [1.29, 1.82) is 0 Å². The number of ether oxygens (including phenoxy) is 1. The molecule has 3 heteroatoms. The second-order valence-corrected chi connectivity index (χ2v) is 4.79. The Bertz CT molecular complexity index is 378. The van der Waals surface area contributed by atoms with Gasteiger partial charge in [0.25, 0.3) is 0 Å². The molecule has 2 unspecified atom stereocenters. The molecular formula is C14H22N2O. The van der Waals surface area contributed by atoms with Crippen LogP contribution in [0.1, 0.15) is 33.1 Å². The SMILES string of the molecule is CCCOc1cc(N)cc(NC2CC2CC)c1. The molecule has 1 aliphatic rings. The van der Waals surface area contributed by atoms with Crippen molar-refractivity contribution >= 4 is 11.4 Å². The molecule has 0 heterocycles. The Morgan fingerprint density at radius 2 is 2.18 bits per heavy atom. The van der Waals surface area contributed by atoms with Crippen LogP contribution >= 0.6 is 0 Å². The van der Waals surface area contributed by atoms with Crippen LogP contribution in [0.25, 0.3) is 0 Å². The van der Waals surface area contributed by atoms with Crippen LogP contribution in [-0.4, -0.2) is 12.6 Å². The molecule has 0 aliphatic heterocycles. The van der Waals surface area contributed by atoms with E-state index in [1.165, 1.54) is 12.8 Å². The van der Waals surface area contributed by atoms with Crippen LogP contribution in [0.5, 0.6) is 5.75 Å². The Morgan fingerprint density at radius 1 is 1.35 bits per heavy atom. The van der Waals surface area contributed by atoms with E-state index in [-0.39, 0.29) is 0 Å². The molecule has 1 fully saturated rings. The highest BCUT2D eigenvalue weighted by Crippen LogP contribution is 2.37. The first-order chi connectivity index (χ1) is 8.22. The molecule has 0 bridgehead atoms. The second kappa shape index (κ2) is 5.30. The lowest BCUT2D eigenvalue weighted by molar-refractivity contribution is 0.318. The Labute approximate surface area is 103 Å². The summed E-state index contributed by atoms with van der Waals surface area (Å²) < 4.78 is 5.61. The number of benzene rings is 1. The maximum Gasteiger partial charge on any atom is 0.123 e. The lowest BCUT2D eigenvalue weighted by atomic mass is 10.2. The van der Waals surface area contributed by atoms with Gasteiger partial charge in [0, 0.05) is 29.5 Å². The molecule has 3 nitrogen and oxygen atoms in total. The highest BCUT2D eigenvalue weighted by atomic mass is 16.5. The number of hydrogen-bond acceptors (Lipinski definition) is 3. The van der Waals surface area contributed by atoms with Crippen molar-refractivity contribution < 1.29 is 4.74 Å². The minimum absolute atomic E-state index is 0.626. The predicted molar refractivity (Wildman–Crippen MR) is 72.4 cm³/mol. The van der Waals surface area contributed by atoms with E-state index in [1.54, 1.807) is 0 Å². The molecule has 2 atom stereocenters. The van der Waals surface area contributed by atoms with Gasteiger partial charge in [-0.05, 0) is 24.8 Å². The Hall–Kier alpha value is -1.38. The molecule has 1 saturated carbocycles. The number of rotatable bonds is 6. The molecule has 1 aromatic carbocycles. The first kappa shape index (κ1) is 12.1. The molecule has 3 N–H and O–H groups in total. The molecule has 1 aliphatic carbocycles. The summed E-state index contributed by atoms with van der Waals surface area (Å²) in [5.74, 6) is 1.69. The summed E-state index contributed by atoms with van der Waals surface area (Å²) in [5, 5.41) is 3.51. The summed E-state index contributed by atoms with van der Waals surface area (Å²) in [6, 6.07) is 6.52. The van der Waals surface area contributed by atoms with Gasteiger partial charge in [-0.15, -0.1) is 0 Å². The molecule has 94 valence electrons. The third-order valence-electron chi connectivity index (χ3n) is 3.20. The average molecular weight is 234 g/mol. The summed E-state index contributed by atoms with van der Waals surface area (Å²) in [7, 11) is 0. The maximum atomic E-state index is 5.87. The van der Waals surface area contributed by atoms with Crippen molar-refractivity contribution in [2.45, 2.75) is 39.2 Å². The van der Waals surface area contributed by atoms with Crippen molar-refractivity contribution in [3.05, 3.63) is 18.2 Å². The van der Waals surface area contributed by atoms with Crippen LogP contribution in [0, 0.1) is 5.92 Å². The van der Waals surface area contributed by atoms with E-state index in [2.05, 4.69) is 19.2 Å². The lowest BCUT2D eigenvalue weighted by Crippen LogP contribution is -2.05. The Morgan fingerprint density at radius 3 is 2.82 bits per heavy atom. The quantitative estimate of drug-likeness (QED) is 0.743. The minimum atomic E-state index is 0.626. The normalized spacial score (nSPS) is 22.2. The number of hydrogen-bond donors (Lipinski definition) is 2. The fraction of sp³-hybridized carbons (Fsp3) is 0.571. The van der Waals surface area contributed by atoms with Crippen molar-refractivity contribution in [2.24, 2.45) is 5.92 Å². The van der Waals surface area contributed by atoms with Gasteiger partial charge in [0.2, 0.25) is 0 Å². The Balaban J connectivity index is 1.99. The van der Waals surface area contributed by atoms with Crippen molar-refractivity contribution in [1.82, 2.24) is 0 Å². The minimum Gasteiger partial charge on any atom is -0.493 e. The van der Waals surface area contributed by atoms with E-state index in [1.807, 2.05) is 18.2 Å². The van der Waals surface area contributed by atoms with Gasteiger partial charge in [0.1, 0.15) is 5.75 Å². The van der Waals surface area contributed by atoms with Gasteiger partial charge >= 0.3 is 0 Å². The first-order valence-electron chi connectivity index (χ1n) is 6.52. The van der Waals surface area contributed by atoms with Crippen molar-refractivity contribution in [3.63, 3.8) is 0 Å². The van der Waals surface area contributed by atoms with Crippen LogP contribution in [0.4, 0.5) is 11.4 Å². The average Bonchev–Trinajstić information content (AvgIpc) is 3.04. The standard InChI is InChI=1S/C14H22N2O/c1-3-5-17-13-8-11(15)7-12(9-13)16-14-6-10(14)4-2/h7-10,14,16H,3-6,15H2,1-2H3. The zero-order chi connectivity index (χ0) is 12.3. The van der Waals surface area contributed by atoms with Crippen LogP contribution in [0.15, 0.2) is 18.2 Å². The van der Waals surface area contributed by atoms with Crippen LogP contribution in [0.3, 0.4) is 0 Å². The smallest absolute Gasteiger partial charge is 0.123 e. The molecule has 17 heavy (non-hydrogen) atoms. The van der Waals surface area contributed by atoms with Gasteiger partial charge in [-0.3, -0.25) is 0 Å². The Kier molecular flexibility index (Phi) is 3.77. The summed E-state index contributed by atoms with van der Waals surface area (Å²) in [4.78, 5) is 0. The highest BCUT2D eigenvalue weighted by Gasteiger charge is 2.35. The van der Waals surface area contributed by atoms with Gasteiger partial charge in [0.15, 0.2) is 0 Å². The van der Waals surface area contributed by atoms with Gasteiger partial charge in [-0.1, -0.05) is 20.3 Å². The van der Waals surface area contributed by atoms with Crippen molar-refractivity contribution in [2.75, 3.05) is 17.7 Å². The summed E-state index contributed by atoms with van der Waals surface area (Å²) in [6.07, 6.45) is 3.54. The van der Waals surface area contributed by atoms with E-state index in [0.717, 1.165) is 36.1 Å². The predicted octanol–water partition coefficient (Wildman–Crippen LogP) is 3.27. The van der Waals surface area contributed by atoms with E-state index >= 15 is 0 Å². The lowest BCUT2D eigenvalue weighted by Gasteiger charge is -2.10. The number of nitrogen functional groups attached to an aromatic ring is 1. The largest absolute Gasteiger partial charge is 0.493 e. The summed E-state index contributed by atoms with van der Waals surface area (Å²) in [5.41, 5.74) is 7.71. The maximum absolute atomic E-state index is 5.87. The van der Waals surface area contributed by atoms with E-state index in [0.29, 0.717) is 6.04 Å². The van der Waals surface area contributed by atoms with Crippen LogP contribution < -0.4 is 15.8 Å². The zero-order valence-electron chi connectivity index (χ0n) is 10.7. The van der Waals surface area contributed by atoms with E-state index in [4.69, 9.17) is 10.5 Å². The summed E-state index contributed by atoms with van der Waals surface area (Å²) in [6.45, 7) is 5.08. The number of anilines is 2. The first-order valence-corrected chi connectivity index (χ1v) is 6.52. The second-order valence-electron chi connectivity index (χ2n) is 4.79. The molecule has 1 aromatic rings. The third-order valence-corrected chi connectivity index (χ3v) is 3.20.